The second-order valence-corrected chi connectivity index (χ2v) is 10.7. The first-order chi connectivity index (χ1) is 16.5. The summed E-state index contributed by atoms with van der Waals surface area (Å²) < 4.78 is 68.8. The lowest BCUT2D eigenvalue weighted by molar-refractivity contribution is -0.274. The van der Waals surface area contributed by atoms with Crippen molar-refractivity contribution < 1.29 is 26.7 Å². The molecule has 0 N–H and O–H groups in total. The second kappa shape index (κ2) is 11.7. The van der Waals surface area contributed by atoms with Gasteiger partial charge in [-0.15, -0.1) is 24.5 Å². The molecule has 3 rings (SSSR count). The fraction of sp³-hybridized carbons (Fsp3) is 0.440. The van der Waals surface area contributed by atoms with Crippen molar-refractivity contribution in [2.45, 2.75) is 46.5 Å². The summed E-state index contributed by atoms with van der Waals surface area (Å²) in [5.41, 5.74) is 1.71. The molecule has 5 nitrogen and oxygen atoms in total. The lowest BCUT2D eigenvalue weighted by Gasteiger charge is -2.37. The van der Waals surface area contributed by atoms with Gasteiger partial charge in [-0.3, -0.25) is 13.4 Å². The highest BCUT2D eigenvalue weighted by Crippen LogP contribution is 2.38. The molecule has 0 spiro atoms. The highest BCUT2D eigenvalue weighted by atomic mass is 32.2. The van der Waals surface area contributed by atoms with Crippen molar-refractivity contribution >= 4 is 37.7 Å². The van der Waals surface area contributed by atoms with E-state index in [0.717, 1.165) is 27.8 Å². The molecule has 0 bridgehead atoms. The van der Waals surface area contributed by atoms with Gasteiger partial charge in [0.15, 0.2) is 0 Å². The summed E-state index contributed by atoms with van der Waals surface area (Å²) in [4.78, 5) is 2.23. The molecule has 192 valence electrons. The fourth-order valence-electron chi connectivity index (χ4n) is 4.22. The second-order valence-electron chi connectivity index (χ2n) is 8.84. The van der Waals surface area contributed by atoms with E-state index in [4.69, 9.17) is 0 Å². The van der Waals surface area contributed by atoms with E-state index in [0.29, 0.717) is 23.9 Å². The normalized spacial score (nSPS) is 14.0. The first-order valence-electron chi connectivity index (χ1n) is 11.4. The average Bonchev–Trinajstić information content (AvgIpc) is 3.11. The van der Waals surface area contributed by atoms with Gasteiger partial charge >= 0.3 is 6.36 Å². The van der Waals surface area contributed by atoms with Gasteiger partial charge in [0.25, 0.3) is 0 Å². The van der Waals surface area contributed by atoms with E-state index in [9.17, 15) is 21.9 Å². The van der Waals surface area contributed by atoms with E-state index in [-0.39, 0.29) is 18.3 Å². The number of nitrogens with zero attached hydrogens (tertiary/aromatic N) is 2. The standard InChI is InChI=1S/C25H31F3N2O3S2/c1-5-29(15-17(2)3)20(14-19-10-12-21(13-11-19)33-25(26,27)28)16-30(35(31)32)24-18(4)22-8-6-7-9-23(22)34-24/h6-13,17,20H,5,14-16H2,1-4H3,(H,31,32)/p-1. The number of thiophene rings is 1. The van der Waals surface area contributed by atoms with Crippen molar-refractivity contribution in [2.75, 3.05) is 23.9 Å². The minimum absolute atomic E-state index is 0.181. The van der Waals surface area contributed by atoms with Gasteiger partial charge < -0.3 is 9.29 Å². The molecule has 0 saturated heterocycles. The Balaban J connectivity index is 1.91. The number of anilines is 1. The minimum Gasteiger partial charge on any atom is -0.755 e. The van der Waals surface area contributed by atoms with Gasteiger partial charge in [-0.2, -0.15) is 0 Å². The summed E-state index contributed by atoms with van der Waals surface area (Å²) in [6.07, 6.45) is -4.27. The molecule has 0 aliphatic heterocycles. The number of hydrogen-bond donors (Lipinski definition) is 0. The maximum atomic E-state index is 12.5. The van der Waals surface area contributed by atoms with E-state index in [1.807, 2.05) is 38.1 Å². The Hall–Kier alpha value is -2.14. The first kappa shape index (κ1) is 27.4. The van der Waals surface area contributed by atoms with E-state index in [2.05, 4.69) is 23.5 Å². The quantitative estimate of drug-likeness (QED) is 0.275. The Kier molecular flexibility index (Phi) is 9.20. The molecule has 2 unspecified atom stereocenters. The van der Waals surface area contributed by atoms with Crippen LogP contribution in [-0.2, 0) is 17.7 Å². The summed E-state index contributed by atoms with van der Waals surface area (Å²) in [5.74, 6) is 0.0767. The molecule has 0 radical (unpaired) electrons. The van der Waals surface area contributed by atoms with Crippen LogP contribution in [0.2, 0.25) is 0 Å². The third-order valence-electron chi connectivity index (χ3n) is 5.75. The molecular weight excluding hydrogens is 497 g/mol. The van der Waals surface area contributed by atoms with Crippen molar-refractivity contribution in [3.8, 4) is 5.75 Å². The maximum Gasteiger partial charge on any atom is 0.573 e. The maximum absolute atomic E-state index is 12.5. The van der Waals surface area contributed by atoms with Crippen LogP contribution in [0.15, 0.2) is 48.5 Å². The molecule has 0 fully saturated rings. The summed E-state index contributed by atoms with van der Waals surface area (Å²) in [6, 6.07) is 13.4. The van der Waals surface area contributed by atoms with Gasteiger partial charge in [-0.25, -0.2) is 0 Å². The predicted molar refractivity (Wildman–Crippen MR) is 136 cm³/mol. The molecule has 1 aromatic heterocycles. The van der Waals surface area contributed by atoms with Crippen LogP contribution >= 0.6 is 11.3 Å². The number of ether oxygens (including phenoxy) is 1. The number of aryl methyl sites for hydroxylation is 1. The Morgan fingerprint density at radius 3 is 2.29 bits per heavy atom. The lowest BCUT2D eigenvalue weighted by atomic mass is 10.0. The molecule has 3 aromatic rings. The van der Waals surface area contributed by atoms with Crippen LogP contribution in [0.4, 0.5) is 18.2 Å². The van der Waals surface area contributed by atoms with E-state index >= 15 is 0 Å². The Morgan fingerprint density at radius 1 is 1.09 bits per heavy atom. The SMILES string of the molecule is CCN(CC(C)C)C(Cc1ccc(OC(F)(F)F)cc1)CN(c1sc2ccccc2c1C)S(=O)[O-]. The zero-order valence-electron chi connectivity index (χ0n) is 20.2. The largest absolute Gasteiger partial charge is 0.755 e. The molecular formula is C25H30F3N2O3S2-. The summed E-state index contributed by atoms with van der Waals surface area (Å²) >= 11 is -1.05. The molecule has 10 heteroatoms. The van der Waals surface area contributed by atoms with Crippen molar-refractivity contribution in [3.05, 3.63) is 59.7 Å². The molecule has 2 aromatic carbocycles. The number of benzene rings is 2. The minimum atomic E-state index is -4.75. The van der Waals surface area contributed by atoms with Gasteiger partial charge in [-0.1, -0.05) is 51.1 Å². The third-order valence-corrected chi connectivity index (χ3v) is 7.85. The van der Waals surface area contributed by atoms with Gasteiger partial charge in [-0.05, 0) is 60.5 Å². The van der Waals surface area contributed by atoms with Crippen molar-refractivity contribution in [3.63, 3.8) is 0 Å². The predicted octanol–water partition coefficient (Wildman–Crippen LogP) is 6.30. The summed E-state index contributed by atoms with van der Waals surface area (Å²) in [6.45, 7) is 9.85. The molecule has 0 amide bonds. The average molecular weight is 528 g/mol. The topological polar surface area (TPSA) is 55.8 Å². The van der Waals surface area contributed by atoms with Crippen LogP contribution in [0.25, 0.3) is 10.1 Å². The zero-order chi connectivity index (χ0) is 25.8. The Bertz CT molecular complexity index is 1130. The number of likely N-dealkylation sites (N-methyl/N-ethyl adjacent to an activating group) is 1. The highest BCUT2D eigenvalue weighted by molar-refractivity contribution is 7.81. The molecule has 0 saturated carbocycles. The number of rotatable bonds is 11. The van der Waals surface area contributed by atoms with Crippen molar-refractivity contribution in [1.29, 1.82) is 0 Å². The smallest absolute Gasteiger partial charge is 0.573 e. The summed E-state index contributed by atoms with van der Waals surface area (Å²) in [7, 11) is 0. The molecule has 2 atom stereocenters. The number of fused-ring (bicyclic) bond motifs is 1. The van der Waals surface area contributed by atoms with Crippen LogP contribution < -0.4 is 9.04 Å². The van der Waals surface area contributed by atoms with Crippen molar-refractivity contribution in [1.82, 2.24) is 4.90 Å². The van der Waals surface area contributed by atoms with E-state index in [1.54, 1.807) is 12.1 Å². The number of hydrogen-bond acceptors (Lipinski definition) is 5. The van der Waals surface area contributed by atoms with Gasteiger partial charge in [0, 0.05) is 35.1 Å². The van der Waals surface area contributed by atoms with Crippen LogP contribution in [0.1, 0.15) is 31.9 Å². The van der Waals surface area contributed by atoms with Crippen LogP contribution in [0.5, 0.6) is 5.75 Å². The van der Waals surface area contributed by atoms with Crippen LogP contribution in [-0.4, -0.2) is 45.7 Å². The van der Waals surface area contributed by atoms with E-state index < -0.39 is 17.6 Å². The number of halogens is 3. The van der Waals surface area contributed by atoms with Gasteiger partial charge in [0.2, 0.25) is 0 Å². The van der Waals surface area contributed by atoms with Crippen molar-refractivity contribution in [2.24, 2.45) is 5.92 Å². The first-order valence-corrected chi connectivity index (χ1v) is 13.3. The van der Waals surface area contributed by atoms with Gasteiger partial charge in [0.05, 0.1) is 0 Å². The molecule has 1 heterocycles. The third kappa shape index (κ3) is 7.42. The fourth-order valence-corrected chi connectivity index (χ4v) is 6.20. The van der Waals surface area contributed by atoms with Crippen LogP contribution in [0, 0.1) is 12.8 Å². The lowest BCUT2D eigenvalue weighted by Crippen LogP contribution is -2.47. The monoisotopic (exact) mass is 527 g/mol. The molecule has 35 heavy (non-hydrogen) atoms. The Labute approximate surface area is 210 Å². The summed E-state index contributed by atoms with van der Waals surface area (Å²) in [5, 5.41) is 1.70. The Morgan fingerprint density at radius 2 is 1.74 bits per heavy atom. The number of alkyl halides is 3. The highest BCUT2D eigenvalue weighted by Gasteiger charge is 2.31. The van der Waals surface area contributed by atoms with Crippen LogP contribution in [0.3, 0.4) is 0 Å². The van der Waals surface area contributed by atoms with Gasteiger partial charge in [0.1, 0.15) is 10.8 Å². The zero-order valence-corrected chi connectivity index (χ0v) is 21.8. The van der Waals surface area contributed by atoms with E-state index in [1.165, 1.54) is 27.8 Å². The molecule has 0 aliphatic carbocycles. The molecule has 0 aliphatic rings.